The lowest BCUT2D eigenvalue weighted by molar-refractivity contribution is -0.123. The van der Waals surface area contributed by atoms with Gasteiger partial charge in [-0.05, 0) is 13.3 Å². The van der Waals surface area contributed by atoms with E-state index in [-0.39, 0.29) is 19.0 Å². The molecule has 0 saturated carbocycles. The molecule has 0 aliphatic heterocycles. The third kappa shape index (κ3) is 4.34. The molecular formula is C13H21N3O4. The van der Waals surface area contributed by atoms with Gasteiger partial charge in [0.15, 0.2) is 0 Å². The van der Waals surface area contributed by atoms with Gasteiger partial charge in [-0.15, -0.1) is 0 Å². The van der Waals surface area contributed by atoms with E-state index in [0.29, 0.717) is 6.42 Å². The number of aromatic nitrogens is 2. The minimum absolute atomic E-state index is 0.125. The normalized spacial score (nSPS) is 13.8. The summed E-state index contributed by atoms with van der Waals surface area (Å²) in [4.78, 5) is 34.7. The number of carbonyl (C=O) groups excluding carboxylic acids is 1. The number of nitrogens with zero attached hydrogens (tertiary/aromatic N) is 2. The van der Waals surface area contributed by atoms with Crippen molar-refractivity contribution in [2.24, 2.45) is 7.05 Å². The molecule has 1 heterocycles. The molecule has 7 nitrogen and oxygen atoms in total. The van der Waals surface area contributed by atoms with Crippen LogP contribution in [-0.4, -0.2) is 32.3 Å². The summed E-state index contributed by atoms with van der Waals surface area (Å²) in [5.74, 6) is -0.387. The van der Waals surface area contributed by atoms with E-state index in [4.69, 9.17) is 0 Å². The van der Waals surface area contributed by atoms with Crippen molar-refractivity contribution >= 4 is 5.91 Å². The molecular weight excluding hydrogens is 262 g/mol. The molecule has 1 aromatic heterocycles. The van der Waals surface area contributed by atoms with Crippen molar-refractivity contribution in [2.75, 3.05) is 6.54 Å². The van der Waals surface area contributed by atoms with E-state index >= 15 is 0 Å². The van der Waals surface area contributed by atoms with Crippen LogP contribution in [0.3, 0.4) is 0 Å². The van der Waals surface area contributed by atoms with Gasteiger partial charge in [-0.25, -0.2) is 4.79 Å². The highest BCUT2D eigenvalue weighted by molar-refractivity contribution is 5.75. The number of amides is 1. The molecule has 0 aliphatic carbocycles. The van der Waals surface area contributed by atoms with Crippen LogP contribution in [0.4, 0.5) is 0 Å². The first kappa shape index (κ1) is 16.2. The van der Waals surface area contributed by atoms with Crippen LogP contribution < -0.4 is 16.6 Å². The van der Waals surface area contributed by atoms with Gasteiger partial charge in [-0.1, -0.05) is 13.3 Å². The summed E-state index contributed by atoms with van der Waals surface area (Å²) < 4.78 is 2.08. The van der Waals surface area contributed by atoms with Crippen LogP contribution in [0.1, 0.15) is 26.7 Å². The van der Waals surface area contributed by atoms with Crippen molar-refractivity contribution in [2.45, 2.75) is 38.8 Å². The van der Waals surface area contributed by atoms with Gasteiger partial charge >= 0.3 is 5.69 Å². The zero-order chi connectivity index (χ0) is 15.3. The van der Waals surface area contributed by atoms with Crippen LogP contribution in [0.25, 0.3) is 0 Å². The van der Waals surface area contributed by atoms with Crippen LogP contribution in [0.2, 0.25) is 0 Å². The van der Waals surface area contributed by atoms with E-state index in [2.05, 4.69) is 5.32 Å². The van der Waals surface area contributed by atoms with Gasteiger partial charge in [0.25, 0.3) is 5.56 Å². The Morgan fingerprint density at radius 2 is 2.10 bits per heavy atom. The van der Waals surface area contributed by atoms with Crippen LogP contribution >= 0.6 is 0 Å². The first-order valence-corrected chi connectivity index (χ1v) is 6.52. The molecule has 0 radical (unpaired) electrons. The van der Waals surface area contributed by atoms with Crippen LogP contribution in [0, 0.1) is 0 Å². The third-order valence-electron chi connectivity index (χ3n) is 3.03. The van der Waals surface area contributed by atoms with E-state index in [1.165, 1.54) is 19.3 Å². The molecule has 0 spiro atoms. The summed E-state index contributed by atoms with van der Waals surface area (Å²) >= 11 is 0. The maximum Gasteiger partial charge on any atom is 0.331 e. The fourth-order valence-corrected chi connectivity index (χ4v) is 1.86. The van der Waals surface area contributed by atoms with Crippen LogP contribution in [-0.2, 0) is 18.4 Å². The molecule has 1 aromatic rings. The number of rotatable bonds is 6. The predicted octanol–water partition coefficient (Wildman–Crippen LogP) is -0.786. The van der Waals surface area contributed by atoms with Crippen molar-refractivity contribution < 1.29 is 9.90 Å². The molecule has 2 N–H and O–H groups in total. The minimum atomic E-state index is -0.959. The molecule has 7 heteroatoms. The predicted molar refractivity (Wildman–Crippen MR) is 74.5 cm³/mol. The van der Waals surface area contributed by atoms with Gasteiger partial charge in [0, 0.05) is 25.9 Å². The van der Waals surface area contributed by atoms with Gasteiger partial charge in [-0.2, -0.15) is 0 Å². The monoisotopic (exact) mass is 283 g/mol. The van der Waals surface area contributed by atoms with Gasteiger partial charge in [0.05, 0.1) is 5.60 Å². The van der Waals surface area contributed by atoms with Crippen molar-refractivity contribution in [3.63, 3.8) is 0 Å². The first-order valence-electron chi connectivity index (χ1n) is 6.52. The highest BCUT2D eigenvalue weighted by Gasteiger charge is 2.20. The van der Waals surface area contributed by atoms with E-state index in [9.17, 15) is 19.5 Å². The number of nitrogens with one attached hydrogen (secondary N) is 1. The molecule has 1 rings (SSSR count). The Bertz CT molecular complexity index is 586. The number of hydrogen-bond acceptors (Lipinski definition) is 4. The van der Waals surface area contributed by atoms with Crippen LogP contribution in [0.15, 0.2) is 21.9 Å². The molecule has 0 aromatic carbocycles. The quantitative estimate of drug-likeness (QED) is 0.716. The number of hydrogen-bond donors (Lipinski definition) is 2. The smallest absolute Gasteiger partial charge is 0.331 e. The van der Waals surface area contributed by atoms with Crippen LogP contribution in [0.5, 0.6) is 0 Å². The summed E-state index contributed by atoms with van der Waals surface area (Å²) in [5.41, 5.74) is -1.93. The zero-order valence-corrected chi connectivity index (χ0v) is 12.0. The first-order chi connectivity index (χ1) is 9.26. The fourth-order valence-electron chi connectivity index (χ4n) is 1.86. The fraction of sp³-hybridized carbons (Fsp3) is 0.615. The van der Waals surface area contributed by atoms with E-state index in [0.717, 1.165) is 15.6 Å². The molecule has 0 aliphatic rings. The Labute approximate surface area is 116 Å². The maximum absolute atomic E-state index is 11.7. The summed E-state index contributed by atoms with van der Waals surface area (Å²) in [6.45, 7) is 3.53. The molecule has 1 unspecified atom stereocenters. The van der Waals surface area contributed by atoms with E-state index in [1.807, 2.05) is 6.92 Å². The summed E-state index contributed by atoms with van der Waals surface area (Å²) in [6.07, 6.45) is 2.67. The Hall–Kier alpha value is -1.89. The lowest BCUT2D eigenvalue weighted by Crippen LogP contribution is -2.44. The van der Waals surface area contributed by atoms with E-state index in [1.54, 1.807) is 6.92 Å². The largest absolute Gasteiger partial charge is 0.388 e. The summed E-state index contributed by atoms with van der Waals surface area (Å²) in [5, 5.41) is 12.5. The van der Waals surface area contributed by atoms with Crippen molar-refractivity contribution in [1.82, 2.24) is 14.5 Å². The third-order valence-corrected chi connectivity index (χ3v) is 3.03. The summed E-state index contributed by atoms with van der Waals surface area (Å²) in [7, 11) is 1.35. The second-order valence-electron chi connectivity index (χ2n) is 5.15. The van der Waals surface area contributed by atoms with Crippen molar-refractivity contribution in [3.05, 3.63) is 33.1 Å². The Morgan fingerprint density at radius 1 is 1.45 bits per heavy atom. The SMILES string of the molecule is CCCC(C)(O)CNC(=O)Cn1ccc(=O)n(C)c1=O. The highest BCUT2D eigenvalue weighted by atomic mass is 16.3. The number of aliphatic hydroxyl groups is 1. The average molecular weight is 283 g/mol. The van der Waals surface area contributed by atoms with Crippen molar-refractivity contribution in [3.8, 4) is 0 Å². The minimum Gasteiger partial charge on any atom is -0.388 e. The van der Waals surface area contributed by atoms with Gasteiger partial charge < -0.3 is 10.4 Å². The number of carbonyl (C=O) groups is 1. The lowest BCUT2D eigenvalue weighted by Gasteiger charge is -2.23. The molecule has 0 fully saturated rings. The van der Waals surface area contributed by atoms with Gasteiger partial charge in [0.1, 0.15) is 6.54 Å². The molecule has 20 heavy (non-hydrogen) atoms. The Kier molecular flexibility index (Phi) is 5.26. The Morgan fingerprint density at radius 3 is 2.70 bits per heavy atom. The Balaban J connectivity index is 2.66. The van der Waals surface area contributed by atoms with Gasteiger partial charge in [0.2, 0.25) is 5.91 Å². The lowest BCUT2D eigenvalue weighted by atomic mass is 10.0. The average Bonchev–Trinajstić information content (AvgIpc) is 2.37. The molecule has 0 bridgehead atoms. The molecule has 112 valence electrons. The molecule has 0 saturated heterocycles. The molecule has 1 amide bonds. The standard InChI is InChI=1S/C13H21N3O4/c1-4-6-13(2,20)9-14-10(17)8-16-7-5-11(18)15(3)12(16)19/h5,7,20H,4,6,8-9H2,1-3H3,(H,14,17). The van der Waals surface area contributed by atoms with E-state index < -0.39 is 16.9 Å². The van der Waals surface area contributed by atoms with Gasteiger partial charge in [-0.3, -0.25) is 18.7 Å². The maximum atomic E-state index is 11.7. The second kappa shape index (κ2) is 6.51. The zero-order valence-electron chi connectivity index (χ0n) is 12.0. The van der Waals surface area contributed by atoms with Crippen molar-refractivity contribution in [1.29, 1.82) is 0 Å². The topological polar surface area (TPSA) is 93.3 Å². The second-order valence-corrected chi connectivity index (χ2v) is 5.15. The highest BCUT2D eigenvalue weighted by Crippen LogP contribution is 2.09. The summed E-state index contributed by atoms with van der Waals surface area (Å²) in [6, 6.07) is 1.22. The molecule has 1 atom stereocenters.